The zero-order valence-electron chi connectivity index (χ0n) is 8.62. The van der Waals surface area contributed by atoms with Gasteiger partial charge in [-0.1, -0.05) is 39.0 Å². The predicted octanol–water partition coefficient (Wildman–Crippen LogP) is 2.58. The first kappa shape index (κ1) is 23.7. The van der Waals surface area contributed by atoms with Gasteiger partial charge in [0.15, 0.2) is 0 Å². The fourth-order valence-electron chi connectivity index (χ4n) is 1.06. The molecule has 0 fully saturated rings. The number of carboxylic acid groups (broad SMARTS) is 1. The Morgan fingerprint density at radius 2 is 1.43 bits per heavy atom. The van der Waals surface area contributed by atoms with E-state index in [2.05, 4.69) is 6.92 Å². The number of unbranched alkanes of at least 4 members (excludes halogenated alkanes) is 5. The molecule has 0 rings (SSSR count). The summed E-state index contributed by atoms with van der Waals surface area (Å²) in [6.07, 6.45) is 7.25. The minimum absolute atomic E-state index is 0. The van der Waals surface area contributed by atoms with Crippen molar-refractivity contribution in [1.29, 1.82) is 0 Å². The third kappa shape index (κ3) is 22.7. The molecule has 0 amide bonds. The van der Waals surface area contributed by atoms with Crippen LogP contribution in [0.5, 0.6) is 0 Å². The van der Waals surface area contributed by atoms with Crippen molar-refractivity contribution in [2.75, 3.05) is 0 Å². The molecule has 0 aromatic heterocycles. The van der Waals surface area contributed by atoms with Gasteiger partial charge in [0.2, 0.25) is 0 Å². The molecule has 0 aliphatic carbocycles. The Morgan fingerprint density at radius 1 is 1.00 bits per heavy atom. The van der Waals surface area contributed by atoms with Crippen LogP contribution in [0.15, 0.2) is 0 Å². The Balaban J connectivity index is -0.000000167. The van der Waals surface area contributed by atoms with Crippen molar-refractivity contribution in [2.45, 2.75) is 51.9 Å². The van der Waals surface area contributed by atoms with Gasteiger partial charge < -0.3 is 16.1 Å². The molecule has 0 bridgehead atoms. The molecule has 0 spiro atoms. The molecule has 0 saturated heterocycles. The summed E-state index contributed by atoms with van der Waals surface area (Å²) in [5.74, 6) is -0.666. The number of rotatable bonds is 7. The number of carboxylic acids is 1. The molecule has 0 unspecified atom stereocenters. The summed E-state index contributed by atoms with van der Waals surface area (Å²) in [5.41, 5.74) is 0. The monoisotopic (exact) mass is 238 g/mol. The predicted molar refractivity (Wildman–Crippen MR) is 47.0 cm³/mol. The van der Waals surface area contributed by atoms with E-state index in [1.54, 1.807) is 0 Å². The van der Waals surface area contributed by atoms with Crippen LogP contribution in [0.1, 0.15) is 51.9 Å². The zero-order valence-corrected chi connectivity index (χ0v) is 10.2. The van der Waals surface area contributed by atoms with Crippen molar-refractivity contribution in [3.05, 3.63) is 0 Å². The number of hydrogen-bond acceptors (Lipinski definition) is 1. The van der Waals surface area contributed by atoms with E-state index >= 15 is 0 Å². The summed E-state index contributed by atoms with van der Waals surface area (Å²) in [6.45, 7) is 2.18. The molecular weight excluding hydrogens is 220 g/mol. The van der Waals surface area contributed by atoms with Crippen molar-refractivity contribution in [1.82, 2.24) is 0 Å². The molecule has 0 aromatic rings. The maximum absolute atomic E-state index is 10.1. The van der Waals surface area contributed by atoms with Crippen molar-refractivity contribution < 1.29 is 42.6 Å². The minimum Gasteiger partial charge on any atom is -2.00 e. The molecule has 82 valence electrons. The van der Waals surface area contributed by atoms with Crippen LogP contribution in [0, 0.1) is 0 Å². The second-order valence-corrected chi connectivity index (χ2v) is 2.91. The first-order valence-electron chi connectivity index (χ1n) is 4.49. The van der Waals surface area contributed by atoms with Gasteiger partial charge >= 0.3 is 27.7 Å². The van der Waals surface area contributed by atoms with Gasteiger partial charge in [0.05, 0.1) is 0 Å². The molecule has 0 aliphatic rings. The first-order chi connectivity index (χ1) is 5.27. The number of carbonyl (C=O) groups is 1. The quantitative estimate of drug-likeness (QED) is 0.545. The van der Waals surface area contributed by atoms with Crippen LogP contribution in [0.3, 0.4) is 0 Å². The topological polar surface area (TPSA) is 94.3 Å². The van der Waals surface area contributed by atoms with Gasteiger partial charge in [0.25, 0.3) is 0 Å². The summed E-state index contributed by atoms with van der Waals surface area (Å²) in [5, 5.41) is 8.32. The van der Waals surface area contributed by atoms with E-state index in [-0.39, 0.29) is 32.7 Å². The first-order valence-corrected chi connectivity index (χ1v) is 4.49. The van der Waals surface area contributed by atoms with Gasteiger partial charge in [0, 0.05) is 6.42 Å². The molecule has 0 aliphatic heterocycles. The Hall–Kier alpha value is 0.104. The average Bonchev–Trinajstić information content (AvgIpc) is 1.96. The van der Waals surface area contributed by atoms with Crippen molar-refractivity contribution in [3.63, 3.8) is 0 Å². The largest absolute Gasteiger partial charge is 4.00 e. The van der Waals surface area contributed by atoms with E-state index in [1.807, 2.05) is 0 Å². The summed E-state index contributed by atoms with van der Waals surface area (Å²) in [4.78, 5) is 10.1. The summed E-state index contributed by atoms with van der Waals surface area (Å²) in [7, 11) is 0. The Kier molecular flexibility index (Phi) is 31.9. The van der Waals surface area contributed by atoms with E-state index < -0.39 is 5.97 Å². The Morgan fingerprint density at radius 3 is 1.86 bits per heavy atom. The van der Waals surface area contributed by atoms with Gasteiger partial charge in [0.1, 0.15) is 0 Å². The smallest absolute Gasteiger partial charge is 2.00 e. The van der Waals surface area contributed by atoms with Crippen LogP contribution >= 0.6 is 0 Å². The Labute approximate surface area is 101 Å². The maximum atomic E-state index is 10.1. The van der Waals surface area contributed by atoms with Crippen molar-refractivity contribution >= 4 is 5.97 Å². The molecule has 5 heteroatoms. The normalized spacial score (nSPS) is 7.79. The van der Waals surface area contributed by atoms with Crippen LogP contribution in [0.25, 0.3) is 0 Å². The van der Waals surface area contributed by atoms with Gasteiger partial charge in [-0.25, -0.2) is 0 Å². The van der Waals surface area contributed by atoms with E-state index in [9.17, 15) is 4.79 Å². The fourth-order valence-corrected chi connectivity index (χ4v) is 1.06. The van der Waals surface area contributed by atoms with E-state index in [1.165, 1.54) is 25.7 Å². The summed E-state index contributed by atoms with van der Waals surface area (Å²) >= 11 is 0. The van der Waals surface area contributed by atoms with Gasteiger partial charge in [-0.3, -0.25) is 4.79 Å². The molecule has 0 radical (unpaired) electrons. The van der Waals surface area contributed by atoms with Crippen LogP contribution < -0.4 is 0 Å². The summed E-state index contributed by atoms with van der Waals surface area (Å²) < 4.78 is 0. The molecular formula is C9H18O4Ti. The fraction of sp³-hybridized carbons (Fsp3) is 0.889. The Bertz CT molecular complexity index is 109. The van der Waals surface area contributed by atoms with Gasteiger partial charge in [-0.15, -0.1) is 0 Å². The standard InChI is InChI=1S/C9H18O2.2O.Ti/c1-2-3-4-5-6-7-8-9(10)11;;;/h2-8H2,1H3,(H,10,11);;;/q;2*-2;+4. The molecule has 0 aromatic carbocycles. The number of aliphatic carboxylic acids is 1. The third-order valence-electron chi connectivity index (χ3n) is 1.74. The summed E-state index contributed by atoms with van der Waals surface area (Å²) in [6, 6.07) is 0. The van der Waals surface area contributed by atoms with E-state index in [0.29, 0.717) is 6.42 Å². The van der Waals surface area contributed by atoms with Crippen molar-refractivity contribution in [3.8, 4) is 0 Å². The zero-order chi connectivity index (χ0) is 8.53. The average molecular weight is 238 g/mol. The minimum atomic E-state index is -0.666. The van der Waals surface area contributed by atoms with Gasteiger partial charge in [-0.05, 0) is 6.42 Å². The molecule has 0 atom stereocenters. The third-order valence-corrected chi connectivity index (χ3v) is 1.74. The second kappa shape index (κ2) is 18.8. The maximum Gasteiger partial charge on any atom is 4.00 e. The van der Waals surface area contributed by atoms with Gasteiger partial charge in [-0.2, -0.15) is 0 Å². The second-order valence-electron chi connectivity index (χ2n) is 2.91. The van der Waals surface area contributed by atoms with Crippen molar-refractivity contribution in [2.24, 2.45) is 0 Å². The van der Waals surface area contributed by atoms with Crippen LogP contribution in [-0.2, 0) is 37.5 Å². The molecule has 0 saturated carbocycles. The van der Waals surface area contributed by atoms with Crippen LogP contribution in [0.4, 0.5) is 0 Å². The molecule has 1 N–H and O–H groups in total. The van der Waals surface area contributed by atoms with Crippen LogP contribution in [0.2, 0.25) is 0 Å². The van der Waals surface area contributed by atoms with Crippen LogP contribution in [-0.4, -0.2) is 11.1 Å². The molecule has 4 nitrogen and oxygen atoms in total. The van der Waals surface area contributed by atoms with E-state index in [0.717, 1.165) is 12.8 Å². The SMILES string of the molecule is CCCCCCCCC(=O)O.[O-2].[O-2].[Ti+4]. The molecule has 14 heavy (non-hydrogen) atoms. The molecule has 0 heterocycles. The van der Waals surface area contributed by atoms with E-state index in [4.69, 9.17) is 5.11 Å². The number of hydrogen-bond donors (Lipinski definition) is 1.